The predicted octanol–water partition coefficient (Wildman–Crippen LogP) is 0.566. The molecule has 7 N–H and O–H groups in total. The molecule has 0 aromatic heterocycles. The van der Waals surface area contributed by atoms with Gasteiger partial charge in [0.05, 0.1) is 12.5 Å². The Balaban J connectivity index is 2.19. The van der Waals surface area contributed by atoms with Crippen molar-refractivity contribution >= 4 is 41.4 Å². The molecule has 39 heavy (non-hydrogen) atoms. The van der Waals surface area contributed by atoms with Crippen LogP contribution in [0.4, 0.5) is 0 Å². The number of rotatable bonds is 16. The number of hydrogen-bond acceptors (Lipinski definition) is 7. The Hall–Kier alpha value is -3.90. The van der Waals surface area contributed by atoms with Crippen LogP contribution in [0.1, 0.15) is 24.0 Å². The molecule has 3 amide bonds. The topological polar surface area (TPSA) is 188 Å². The molecule has 4 unspecified atom stereocenters. The van der Waals surface area contributed by atoms with E-state index in [-0.39, 0.29) is 19.3 Å². The summed E-state index contributed by atoms with van der Waals surface area (Å²) in [6, 6.07) is 12.7. The minimum Gasteiger partial charge on any atom is -0.481 e. The van der Waals surface area contributed by atoms with Gasteiger partial charge in [0.15, 0.2) is 0 Å². The summed E-state index contributed by atoms with van der Waals surface area (Å²) < 4.78 is 0. The van der Waals surface area contributed by atoms with Crippen molar-refractivity contribution in [2.24, 2.45) is 5.73 Å². The summed E-state index contributed by atoms with van der Waals surface area (Å²) in [6.07, 6.45) is 1.40. The lowest BCUT2D eigenvalue weighted by Gasteiger charge is -2.25. The molecule has 210 valence electrons. The number of carbonyl (C=O) groups excluding carboxylic acids is 3. The molecule has 0 saturated carbocycles. The molecule has 0 aliphatic rings. The molecular weight excluding hydrogens is 524 g/mol. The minimum atomic E-state index is -1.52. The molecule has 0 aliphatic carbocycles. The third-order valence-corrected chi connectivity index (χ3v) is 6.43. The van der Waals surface area contributed by atoms with E-state index in [4.69, 9.17) is 5.73 Å². The fourth-order valence-electron chi connectivity index (χ4n) is 3.72. The van der Waals surface area contributed by atoms with Crippen LogP contribution < -0.4 is 21.7 Å². The maximum absolute atomic E-state index is 13.2. The summed E-state index contributed by atoms with van der Waals surface area (Å²) in [4.78, 5) is 62.1. The molecule has 0 radical (unpaired) electrons. The minimum absolute atomic E-state index is 0.00847. The smallest absolute Gasteiger partial charge is 0.326 e. The number of hydrogen-bond donors (Lipinski definition) is 6. The van der Waals surface area contributed by atoms with E-state index < -0.39 is 60.2 Å². The first-order valence-electron chi connectivity index (χ1n) is 12.3. The van der Waals surface area contributed by atoms with Crippen LogP contribution >= 0.6 is 11.8 Å². The lowest BCUT2D eigenvalue weighted by molar-refractivity contribution is -0.143. The first kappa shape index (κ1) is 31.3. The predicted molar refractivity (Wildman–Crippen MR) is 147 cm³/mol. The van der Waals surface area contributed by atoms with Gasteiger partial charge in [0.2, 0.25) is 17.7 Å². The normalized spacial score (nSPS) is 13.8. The molecule has 0 spiro atoms. The van der Waals surface area contributed by atoms with Gasteiger partial charge in [-0.1, -0.05) is 60.7 Å². The summed E-state index contributed by atoms with van der Waals surface area (Å²) >= 11 is 1.42. The van der Waals surface area contributed by atoms with Crippen LogP contribution in [-0.2, 0) is 36.8 Å². The Morgan fingerprint density at radius 3 is 1.74 bits per heavy atom. The van der Waals surface area contributed by atoms with Gasteiger partial charge in [-0.3, -0.25) is 19.2 Å². The highest BCUT2D eigenvalue weighted by molar-refractivity contribution is 7.98. The first-order valence-corrected chi connectivity index (χ1v) is 13.7. The zero-order valence-corrected chi connectivity index (χ0v) is 22.4. The molecule has 4 atom stereocenters. The third kappa shape index (κ3) is 11.2. The Kier molecular flexibility index (Phi) is 13.0. The van der Waals surface area contributed by atoms with E-state index in [1.165, 1.54) is 11.8 Å². The molecule has 0 fully saturated rings. The Labute approximate surface area is 230 Å². The van der Waals surface area contributed by atoms with Gasteiger partial charge < -0.3 is 31.9 Å². The van der Waals surface area contributed by atoms with Crippen LogP contribution in [0.5, 0.6) is 0 Å². The van der Waals surface area contributed by atoms with Crippen LogP contribution in [0.15, 0.2) is 60.7 Å². The van der Waals surface area contributed by atoms with Gasteiger partial charge in [-0.2, -0.15) is 11.8 Å². The number of amides is 3. The van der Waals surface area contributed by atoms with Crippen molar-refractivity contribution in [1.29, 1.82) is 0 Å². The number of carboxylic acid groups (broad SMARTS) is 2. The standard InChI is InChI=1S/C27H34N4O7S/c1-39-13-12-20(27(37)38)29-25(35)21(15-18-10-6-3-7-11-18)31-26(36)22(16-23(32)33)30-24(34)19(28)14-17-8-4-2-5-9-17/h2-11,19-22H,12-16,28H2,1H3,(H,29,35)(H,30,34)(H,31,36)(H,32,33)(H,37,38). The number of carboxylic acids is 2. The van der Waals surface area contributed by atoms with Gasteiger partial charge >= 0.3 is 11.9 Å². The highest BCUT2D eigenvalue weighted by atomic mass is 32.2. The highest BCUT2D eigenvalue weighted by Gasteiger charge is 2.31. The molecular formula is C27H34N4O7S. The van der Waals surface area contributed by atoms with Gasteiger partial charge in [-0.05, 0) is 36.0 Å². The SMILES string of the molecule is CSCCC(NC(=O)C(Cc1ccccc1)NC(=O)C(CC(=O)O)NC(=O)C(N)Cc1ccccc1)C(=O)O. The average Bonchev–Trinajstić information content (AvgIpc) is 2.90. The number of thioether (sulfide) groups is 1. The van der Waals surface area contributed by atoms with Crippen LogP contribution in [0.2, 0.25) is 0 Å². The summed E-state index contributed by atoms with van der Waals surface area (Å²) in [5.74, 6) is -4.47. The number of aliphatic carboxylic acids is 2. The van der Waals surface area contributed by atoms with Gasteiger partial charge in [0.1, 0.15) is 18.1 Å². The van der Waals surface area contributed by atoms with Crippen LogP contribution in [0.3, 0.4) is 0 Å². The zero-order chi connectivity index (χ0) is 28.8. The molecule has 11 nitrogen and oxygen atoms in total. The average molecular weight is 559 g/mol. The van der Waals surface area contributed by atoms with Crippen LogP contribution in [-0.4, -0.2) is 76.0 Å². The molecule has 12 heteroatoms. The molecule has 2 aromatic rings. The Morgan fingerprint density at radius 2 is 1.23 bits per heavy atom. The lowest BCUT2D eigenvalue weighted by Crippen LogP contribution is -2.58. The number of carbonyl (C=O) groups is 5. The van der Waals surface area contributed by atoms with Crippen molar-refractivity contribution in [2.75, 3.05) is 12.0 Å². The lowest BCUT2D eigenvalue weighted by atomic mass is 10.0. The quantitative estimate of drug-likeness (QED) is 0.171. The molecule has 0 saturated heterocycles. The Morgan fingerprint density at radius 1 is 0.744 bits per heavy atom. The van der Waals surface area contributed by atoms with Crippen molar-refractivity contribution in [3.63, 3.8) is 0 Å². The van der Waals surface area contributed by atoms with E-state index in [1.54, 1.807) is 54.6 Å². The van der Waals surface area contributed by atoms with Gasteiger partial charge in [0, 0.05) is 6.42 Å². The maximum Gasteiger partial charge on any atom is 0.326 e. The van der Waals surface area contributed by atoms with Crippen molar-refractivity contribution in [2.45, 2.75) is 49.9 Å². The summed E-state index contributed by atoms with van der Waals surface area (Å²) in [5.41, 5.74) is 7.45. The first-order chi connectivity index (χ1) is 18.6. The van der Waals surface area contributed by atoms with E-state index in [1.807, 2.05) is 12.3 Å². The van der Waals surface area contributed by atoms with E-state index in [2.05, 4.69) is 16.0 Å². The third-order valence-electron chi connectivity index (χ3n) is 5.79. The summed E-state index contributed by atoms with van der Waals surface area (Å²) in [6.45, 7) is 0. The monoisotopic (exact) mass is 558 g/mol. The highest BCUT2D eigenvalue weighted by Crippen LogP contribution is 2.08. The maximum atomic E-state index is 13.2. The molecule has 0 bridgehead atoms. The number of benzene rings is 2. The van der Waals surface area contributed by atoms with Crippen LogP contribution in [0, 0.1) is 0 Å². The number of nitrogens with two attached hydrogens (primary N) is 1. The molecule has 0 heterocycles. The van der Waals surface area contributed by atoms with Crippen molar-refractivity contribution in [3.8, 4) is 0 Å². The molecule has 0 aliphatic heterocycles. The molecule has 2 aromatic carbocycles. The summed E-state index contributed by atoms with van der Waals surface area (Å²) in [7, 11) is 0. The largest absolute Gasteiger partial charge is 0.481 e. The zero-order valence-electron chi connectivity index (χ0n) is 21.5. The van der Waals surface area contributed by atoms with Gasteiger partial charge in [0.25, 0.3) is 0 Å². The van der Waals surface area contributed by atoms with Gasteiger partial charge in [-0.15, -0.1) is 0 Å². The van der Waals surface area contributed by atoms with E-state index >= 15 is 0 Å². The van der Waals surface area contributed by atoms with Crippen molar-refractivity contribution < 1.29 is 34.2 Å². The second-order valence-electron chi connectivity index (χ2n) is 8.89. The summed E-state index contributed by atoms with van der Waals surface area (Å²) in [5, 5.41) is 26.2. The second kappa shape index (κ2) is 16.1. The van der Waals surface area contributed by atoms with E-state index in [0.29, 0.717) is 11.3 Å². The van der Waals surface area contributed by atoms with E-state index in [0.717, 1.165) is 5.56 Å². The van der Waals surface area contributed by atoms with Gasteiger partial charge in [-0.25, -0.2) is 4.79 Å². The fraction of sp³-hybridized carbons (Fsp3) is 0.370. The van der Waals surface area contributed by atoms with Crippen LogP contribution in [0.25, 0.3) is 0 Å². The van der Waals surface area contributed by atoms with Crippen molar-refractivity contribution in [1.82, 2.24) is 16.0 Å². The molecule has 2 rings (SSSR count). The second-order valence-corrected chi connectivity index (χ2v) is 9.87. The fourth-order valence-corrected chi connectivity index (χ4v) is 4.19. The van der Waals surface area contributed by atoms with Crippen molar-refractivity contribution in [3.05, 3.63) is 71.8 Å². The number of nitrogens with one attached hydrogen (secondary N) is 3. The van der Waals surface area contributed by atoms with E-state index in [9.17, 15) is 34.2 Å². The Bertz CT molecular complexity index is 1120.